The van der Waals surface area contributed by atoms with Gasteiger partial charge in [-0.2, -0.15) is 0 Å². The minimum Gasteiger partial charge on any atom is -0.494 e. The molecule has 0 bridgehead atoms. The lowest BCUT2D eigenvalue weighted by atomic mass is 10.1. The van der Waals surface area contributed by atoms with Crippen LogP contribution in [0.5, 0.6) is 5.75 Å². The van der Waals surface area contributed by atoms with Crippen LogP contribution in [0.1, 0.15) is 17.3 Å². The molecule has 1 heterocycles. The SMILES string of the molecule is COc1cc(-c2onc(N(C)C)c2C(=O)NC[C@H](C)N)ccc1F. The summed E-state index contributed by atoms with van der Waals surface area (Å²) < 4.78 is 23.9. The first-order valence-electron chi connectivity index (χ1n) is 7.39. The molecule has 2 aromatic rings. The standard InChI is InChI=1S/C16H21FN4O3/c1-9(18)8-19-16(22)13-14(24-20-15(13)21(2)3)10-5-6-11(17)12(7-10)23-4/h5-7,9H,8,18H2,1-4H3,(H,19,22)/t9-/m0/s1. The van der Waals surface area contributed by atoms with Crippen LogP contribution in [0.4, 0.5) is 10.2 Å². The van der Waals surface area contributed by atoms with Crippen LogP contribution in [-0.4, -0.2) is 44.9 Å². The fraction of sp³-hybridized carbons (Fsp3) is 0.375. The van der Waals surface area contributed by atoms with Crippen molar-refractivity contribution in [3.63, 3.8) is 0 Å². The first-order chi connectivity index (χ1) is 11.3. The van der Waals surface area contributed by atoms with Crippen molar-refractivity contribution in [2.45, 2.75) is 13.0 Å². The largest absolute Gasteiger partial charge is 0.494 e. The van der Waals surface area contributed by atoms with E-state index in [0.717, 1.165) is 0 Å². The Hall–Kier alpha value is -2.61. The van der Waals surface area contributed by atoms with E-state index in [1.807, 2.05) is 0 Å². The molecule has 24 heavy (non-hydrogen) atoms. The van der Waals surface area contributed by atoms with Crippen molar-refractivity contribution < 1.29 is 18.4 Å². The fourth-order valence-corrected chi connectivity index (χ4v) is 2.13. The molecule has 0 fully saturated rings. The Bertz CT molecular complexity index is 728. The number of nitrogens with one attached hydrogen (secondary N) is 1. The number of benzene rings is 1. The van der Waals surface area contributed by atoms with Crippen LogP contribution in [0, 0.1) is 5.82 Å². The average molecular weight is 336 g/mol. The molecule has 1 atom stereocenters. The van der Waals surface area contributed by atoms with Gasteiger partial charge in [0.2, 0.25) is 0 Å². The molecule has 7 nitrogen and oxygen atoms in total. The number of carbonyl (C=O) groups excluding carboxylic acids is 1. The smallest absolute Gasteiger partial charge is 0.259 e. The van der Waals surface area contributed by atoms with Crippen molar-refractivity contribution in [2.75, 3.05) is 32.6 Å². The normalized spacial score (nSPS) is 11.9. The van der Waals surface area contributed by atoms with Gasteiger partial charge in [-0.15, -0.1) is 0 Å². The van der Waals surface area contributed by atoms with E-state index in [4.69, 9.17) is 15.0 Å². The Balaban J connectivity index is 2.49. The molecule has 0 radical (unpaired) electrons. The highest BCUT2D eigenvalue weighted by atomic mass is 19.1. The number of anilines is 1. The monoisotopic (exact) mass is 336 g/mol. The van der Waals surface area contributed by atoms with Crippen LogP contribution < -0.4 is 20.7 Å². The lowest BCUT2D eigenvalue weighted by molar-refractivity contribution is 0.0952. The molecule has 0 aliphatic carbocycles. The van der Waals surface area contributed by atoms with Gasteiger partial charge in [0.25, 0.3) is 5.91 Å². The van der Waals surface area contributed by atoms with Crippen molar-refractivity contribution in [1.82, 2.24) is 10.5 Å². The molecule has 3 N–H and O–H groups in total. The second kappa shape index (κ2) is 7.31. The molecule has 0 saturated carbocycles. The quantitative estimate of drug-likeness (QED) is 0.833. The van der Waals surface area contributed by atoms with Crippen molar-refractivity contribution >= 4 is 11.7 Å². The van der Waals surface area contributed by atoms with Gasteiger partial charge in [0.05, 0.1) is 7.11 Å². The maximum absolute atomic E-state index is 13.6. The molecule has 8 heteroatoms. The van der Waals surface area contributed by atoms with E-state index < -0.39 is 5.82 Å². The molecular formula is C16H21FN4O3. The second-order valence-corrected chi connectivity index (χ2v) is 5.64. The highest BCUT2D eigenvalue weighted by Gasteiger charge is 2.26. The summed E-state index contributed by atoms with van der Waals surface area (Å²) in [6.45, 7) is 2.09. The van der Waals surface area contributed by atoms with E-state index in [9.17, 15) is 9.18 Å². The molecule has 1 aromatic heterocycles. The number of hydrogen-bond acceptors (Lipinski definition) is 6. The molecule has 130 valence electrons. The number of hydrogen-bond donors (Lipinski definition) is 2. The van der Waals surface area contributed by atoms with Crippen molar-refractivity contribution in [3.05, 3.63) is 29.6 Å². The zero-order chi connectivity index (χ0) is 17.9. The third-order valence-corrected chi connectivity index (χ3v) is 3.32. The van der Waals surface area contributed by atoms with Crippen LogP contribution in [0.25, 0.3) is 11.3 Å². The minimum absolute atomic E-state index is 0.0530. The van der Waals surface area contributed by atoms with Gasteiger partial charge in [-0.1, -0.05) is 5.16 Å². The molecule has 0 saturated heterocycles. The van der Waals surface area contributed by atoms with Crippen LogP contribution in [0.2, 0.25) is 0 Å². The Kier molecular flexibility index (Phi) is 5.40. The lowest BCUT2D eigenvalue weighted by Crippen LogP contribution is -2.35. The predicted molar refractivity (Wildman–Crippen MR) is 88.8 cm³/mol. The molecule has 1 amide bonds. The maximum Gasteiger partial charge on any atom is 0.259 e. The first kappa shape index (κ1) is 17.7. The average Bonchev–Trinajstić information content (AvgIpc) is 2.98. The van der Waals surface area contributed by atoms with Crippen LogP contribution in [0.15, 0.2) is 22.7 Å². The predicted octanol–water partition coefficient (Wildman–Crippen LogP) is 1.63. The molecule has 0 spiro atoms. The van der Waals surface area contributed by atoms with Gasteiger partial charge in [-0.3, -0.25) is 4.79 Å². The summed E-state index contributed by atoms with van der Waals surface area (Å²) in [6.07, 6.45) is 0. The number of nitrogens with two attached hydrogens (primary N) is 1. The molecular weight excluding hydrogens is 315 g/mol. The van der Waals surface area contributed by atoms with E-state index in [1.165, 1.54) is 25.3 Å². The van der Waals surface area contributed by atoms with E-state index in [2.05, 4.69) is 10.5 Å². The molecule has 0 unspecified atom stereocenters. The zero-order valence-electron chi connectivity index (χ0n) is 14.1. The highest BCUT2D eigenvalue weighted by molar-refractivity contribution is 6.04. The number of amides is 1. The molecule has 0 aliphatic rings. The van der Waals surface area contributed by atoms with Gasteiger partial charge in [-0.05, 0) is 25.1 Å². The van der Waals surface area contributed by atoms with Gasteiger partial charge >= 0.3 is 0 Å². The summed E-state index contributed by atoms with van der Waals surface area (Å²) in [5.41, 5.74) is 6.42. The summed E-state index contributed by atoms with van der Waals surface area (Å²) in [7, 11) is 4.86. The molecule has 1 aromatic carbocycles. The third kappa shape index (κ3) is 3.65. The minimum atomic E-state index is -0.503. The topological polar surface area (TPSA) is 93.6 Å². The van der Waals surface area contributed by atoms with E-state index in [-0.39, 0.29) is 29.0 Å². The zero-order valence-corrected chi connectivity index (χ0v) is 14.1. The van der Waals surface area contributed by atoms with Gasteiger partial charge in [-0.25, -0.2) is 4.39 Å². The summed E-state index contributed by atoms with van der Waals surface area (Å²) in [6, 6.07) is 4.01. The Morgan fingerprint density at radius 2 is 2.21 bits per heavy atom. The van der Waals surface area contributed by atoms with Gasteiger partial charge in [0, 0.05) is 32.2 Å². The number of methoxy groups -OCH3 is 1. The summed E-state index contributed by atoms with van der Waals surface area (Å²) in [4.78, 5) is 14.2. The maximum atomic E-state index is 13.6. The third-order valence-electron chi connectivity index (χ3n) is 3.32. The number of rotatable bonds is 6. The fourth-order valence-electron chi connectivity index (χ4n) is 2.13. The Morgan fingerprint density at radius 3 is 2.79 bits per heavy atom. The highest BCUT2D eigenvalue weighted by Crippen LogP contribution is 2.33. The number of carbonyl (C=O) groups is 1. The van der Waals surface area contributed by atoms with Gasteiger partial charge < -0.3 is 25.2 Å². The van der Waals surface area contributed by atoms with Gasteiger partial charge in [0.1, 0.15) is 5.56 Å². The Morgan fingerprint density at radius 1 is 1.50 bits per heavy atom. The van der Waals surface area contributed by atoms with Gasteiger partial charge in [0.15, 0.2) is 23.1 Å². The summed E-state index contributed by atoms with van der Waals surface area (Å²) in [5, 5.41) is 6.68. The van der Waals surface area contributed by atoms with E-state index >= 15 is 0 Å². The number of halogens is 1. The summed E-state index contributed by atoms with van der Waals surface area (Å²) in [5.74, 6) is -0.209. The second-order valence-electron chi connectivity index (χ2n) is 5.64. The molecule has 0 aliphatic heterocycles. The Labute approximate surface area is 139 Å². The first-order valence-corrected chi connectivity index (χ1v) is 7.39. The summed E-state index contributed by atoms with van der Waals surface area (Å²) >= 11 is 0. The number of aromatic nitrogens is 1. The number of ether oxygens (including phenoxy) is 1. The van der Waals surface area contributed by atoms with Crippen LogP contribution >= 0.6 is 0 Å². The van der Waals surface area contributed by atoms with Crippen LogP contribution in [-0.2, 0) is 0 Å². The van der Waals surface area contributed by atoms with E-state index in [1.54, 1.807) is 25.9 Å². The number of nitrogens with zero attached hydrogens (tertiary/aromatic N) is 2. The van der Waals surface area contributed by atoms with Crippen LogP contribution in [0.3, 0.4) is 0 Å². The van der Waals surface area contributed by atoms with Crippen molar-refractivity contribution in [3.8, 4) is 17.1 Å². The van der Waals surface area contributed by atoms with Crippen molar-refractivity contribution in [2.24, 2.45) is 5.73 Å². The van der Waals surface area contributed by atoms with E-state index in [0.29, 0.717) is 17.9 Å². The molecule has 2 rings (SSSR count). The lowest BCUT2D eigenvalue weighted by Gasteiger charge is -2.12. The van der Waals surface area contributed by atoms with Crippen molar-refractivity contribution in [1.29, 1.82) is 0 Å².